The largest absolute Gasteiger partial charge is 0.438 e. The number of oxazole rings is 1. The first-order valence-electron chi connectivity index (χ1n) is 13.0. The van der Waals surface area contributed by atoms with Crippen molar-refractivity contribution in [2.45, 2.75) is 90.5 Å². The van der Waals surface area contributed by atoms with E-state index in [-0.39, 0.29) is 17.1 Å². The van der Waals surface area contributed by atoms with Gasteiger partial charge in [-0.25, -0.2) is 4.98 Å². The molecule has 0 saturated carbocycles. The number of carbonyl (C=O) groups excluding carboxylic acids is 1. The molecule has 1 aromatic heterocycles. The van der Waals surface area contributed by atoms with E-state index in [9.17, 15) is 4.79 Å². The molecule has 0 aliphatic rings. The maximum atomic E-state index is 11.2. The number of benzene rings is 2. The van der Waals surface area contributed by atoms with E-state index in [1.807, 2.05) is 12.1 Å². The summed E-state index contributed by atoms with van der Waals surface area (Å²) in [5.41, 5.74) is 2.29. The Morgan fingerprint density at radius 2 is 1.64 bits per heavy atom. The van der Waals surface area contributed by atoms with Gasteiger partial charge in [0.05, 0.1) is 6.20 Å². The molecular weight excluding hydrogens is 466 g/mol. The van der Waals surface area contributed by atoms with Crippen LogP contribution >= 0.6 is 0 Å². The van der Waals surface area contributed by atoms with E-state index in [0.29, 0.717) is 17.4 Å². The van der Waals surface area contributed by atoms with Gasteiger partial charge in [0.2, 0.25) is 5.89 Å². The predicted octanol–water partition coefficient (Wildman–Crippen LogP) is 8.52. The average molecular weight is 508 g/mol. The highest BCUT2D eigenvalue weighted by atomic mass is 28.4. The highest BCUT2D eigenvalue weighted by molar-refractivity contribution is 6.74. The summed E-state index contributed by atoms with van der Waals surface area (Å²) in [7, 11) is -2.01. The van der Waals surface area contributed by atoms with Crippen molar-refractivity contribution < 1.29 is 18.4 Å². The highest BCUT2D eigenvalue weighted by Crippen LogP contribution is 2.41. The van der Waals surface area contributed by atoms with Gasteiger partial charge in [0.25, 0.3) is 0 Å². The summed E-state index contributed by atoms with van der Waals surface area (Å²) in [5, 5.41) is 0.100. The number of hydrogen-bond donors (Lipinski definition) is 0. The topological polar surface area (TPSA) is 61.6 Å². The van der Waals surface area contributed by atoms with Crippen LogP contribution in [0.25, 0.3) is 11.3 Å². The fraction of sp³-hybridized carbons (Fsp3) is 0.467. The van der Waals surface area contributed by atoms with Crippen LogP contribution < -0.4 is 4.74 Å². The molecule has 0 N–H and O–H groups in total. The average Bonchev–Trinajstić information content (AvgIpc) is 3.31. The van der Waals surface area contributed by atoms with E-state index in [1.165, 1.54) is 25.3 Å². The van der Waals surface area contributed by atoms with Crippen molar-refractivity contribution >= 4 is 14.3 Å². The molecule has 0 fully saturated rings. The molecule has 194 valence electrons. The molecule has 0 amide bonds. The highest BCUT2D eigenvalue weighted by Gasteiger charge is 2.40. The van der Waals surface area contributed by atoms with E-state index < -0.39 is 8.32 Å². The van der Waals surface area contributed by atoms with Crippen LogP contribution in [0.2, 0.25) is 18.1 Å². The van der Waals surface area contributed by atoms with Crippen LogP contribution in [0.1, 0.15) is 77.4 Å². The van der Waals surface area contributed by atoms with E-state index in [1.54, 1.807) is 18.3 Å². The van der Waals surface area contributed by atoms with Gasteiger partial charge in [0.1, 0.15) is 11.9 Å². The number of unbranched alkanes of at least 4 members (excludes halogenated alkanes) is 3. The van der Waals surface area contributed by atoms with Crippen LogP contribution in [0, 0.1) is 0 Å². The number of aromatic nitrogens is 1. The summed E-state index contributed by atoms with van der Waals surface area (Å²) in [6.07, 6.45) is 8.26. The fourth-order valence-corrected chi connectivity index (χ4v) is 5.13. The summed E-state index contributed by atoms with van der Waals surface area (Å²) in [4.78, 5) is 15.8. The van der Waals surface area contributed by atoms with E-state index in [2.05, 4.69) is 69.2 Å². The van der Waals surface area contributed by atoms with Crippen molar-refractivity contribution in [3.63, 3.8) is 0 Å². The first-order valence-corrected chi connectivity index (χ1v) is 15.9. The van der Waals surface area contributed by atoms with Crippen LogP contribution in [-0.2, 0) is 15.6 Å². The van der Waals surface area contributed by atoms with Gasteiger partial charge in [0, 0.05) is 12.5 Å². The zero-order valence-electron chi connectivity index (χ0n) is 22.7. The zero-order valence-corrected chi connectivity index (χ0v) is 23.7. The smallest absolute Gasteiger partial charge is 0.308 e. The van der Waals surface area contributed by atoms with Gasteiger partial charge >= 0.3 is 5.97 Å². The maximum Gasteiger partial charge on any atom is 0.308 e. The zero-order chi connectivity index (χ0) is 26.2. The molecule has 3 rings (SSSR count). The van der Waals surface area contributed by atoms with Crippen LogP contribution in [0.4, 0.5) is 0 Å². The molecular formula is C30H41NO4Si. The van der Waals surface area contributed by atoms with Gasteiger partial charge < -0.3 is 13.6 Å². The number of aryl methyl sites for hydroxylation is 1. The van der Waals surface area contributed by atoms with Gasteiger partial charge in [-0.3, -0.25) is 4.79 Å². The third-order valence-electron chi connectivity index (χ3n) is 6.97. The van der Waals surface area contributed by atoms with Gasteiger partial charge in [0.15, 0.2) is 14.1 Å². The Morgan fingerprint density at radius 3 is 2.28 bits per heavy atom. The molecule has 5 nitrogen and oxygen atoms in total. The standard InChI is InChI=1S/C30H41NO4Si/c1-23(32)33-26-20-18-25(19-21-26)28-22-31-29(34-28)27(35-36(5,6)30(2,3)4)17-13-8-7-10-14-24-15-11-9-12-16-24/h9,11-12,15-16,18-22,27H,7-8,10,13-14,17H2,1-6H3. The summed E-state index contributed by atoms with van der Waals surface area (Å²) in [6, 6.07) is 18.0. The summed E-state index contributed by atoms with van der Waals surface area (Å²) in [5.74, 6) is 1.50. The molecule has 3 aromatic rings. The van der Waals surface area contributed by atoms with Crippen LogP contribution in [0.5, 0.6) is 5.75 Å². The third kappa shape index (κ3) is 8.17. The van der Waals surface area contributed by atoms with Gasteiger partial charge in [-0.2, -0.15) is 0 Å². The fourth-order valence-electron chi connectivity index (χ4n) is 3.85. The van der Waals surface area contributed by atoms with E-state index in [0.717, 1.165) is 31.2 Å². The first-order chi connectivity index (χ1) is 17.0. The second-order valence-electron chi connectivity index (χ2n) is 11.0. The minimum atomic E-state index is -2.01. The minimum Gasteiger partial charge on any atom is -0.438 e. The lowest BCUT2D eigenvalue weighted by Gasteiger charge is -2.38. The first kappa shape index (κ1) is 27.9. The minimum absolute atomic E-state index is 0.100. The Labute approximate surface area is 217 Å². The molecule has 6 heteroatoms. The second-order valence-corrected chi connectivity index (χ2v) is 15.7. The SMILES string of the molecule is CC(=O)Oc1ccc(-c2cnc(C(CCCCCCc3ccccc3)O[Si](C)(C)C(C)(C)C)o2)cc1. The normalized spacial score (nSPS) is 12.9. The predicted molar refractivity (Wildman–Crippen MR) is 148 cm³/mol. The lowest BCUT2D eigenvalue weighted by atomic mass is 10.0. The number of hydrogen-bond acceptors (Lipinski definition) is 5. The quantitative estimate of drug-likeness (QED) is 0.106. The van der Waals surface area contributed by atoms with Crippen molar-refractivity contribution in [3.05, 3.63) is 72.2 Å². The Bertz CT molecular complexity index is 1080. The Hall–Kier alpha value is -2.70. The molecule has 2 aromatic carbocycles. The van der Waals surface area contributed by atoms with E-state index >= 15 is 0 Å². The molecule has 0 bridgehead atoms. The summed E-state index contributed by atoms with van der Waals surface area (Å²) < 4.78 is 18.2. The molecule has 1 atom stereocenters. The summed E-state index contributed by atoms with van der Waals surface area (Å²) in [6.45, 7) is 12.7. The Kier molecular flexibility index (Phi) is 9.68. The van der Waals surface area contributed by atoms with Crippen molar-refractivity contribution in [1.29, 1.82) is 0 Å². The Morgan fingerprint density at radius 1 is 0.972 bits per heavy atom. The van der Waals surface area contributed by atoms with Crippen LogP contribution in [-0.4, -0.2) is 19.3 Å². The Balaban J connectivity index is 1.64. The lowest BCUT2D eigenvalue weighted by molar-refractivity contribution is -0.131. The summed E-state index contributed by atoms with van der Waals surface area (Å²) >= 11 is 0. The number of carbonyl (C=O) groups is 1. The van der Waals surface area contributed by atoms with Crippen molar-refractivity contribution in [2.75, 3.05) is 0 Å². The number of esters is 1. The van der Waals surface area contributed by atoms with Crippen LogP contribution in [0.15, 0.2) is 65.2 Å². The number of ether oxygens (including phenoxy) is 1. The van der Waals surface area contributed by atoms with E-state index in [4.69, 9.17) is 13.6 Å². The lowest BCUT2D eigenvalue weighted by Crippen LogP contribution is -2.41. The van der Waals surface area contributed by atoms with Crippen molar-refractivity contribution in [1.82, 2.24) is 4.98 Å². The van der Waals surface area contributed by atoms with Crippen molar-refractivity contribution in [3.8, 4) is 17.1 Å². The van der Waals surface area contributed by atoms with Crippen molar-refractivity contribution in [2.24, 2.45) is 0 Å². The molecule has 0 saturated heterocycles. The van der Waals surface area contributed by atoms with Gasteiger partial charge in [-0.15, -0.1) is 0 Å². The molecule has 36 heavy (non-hydrogen) atoms. The molecule has 0 radical (unpaired) electrons. The molecule has 1 unspecified atom stereocenters. The molecule has 0 aliphatic heterocycles. The molecule has 0 aliphatic carbocycles. The number of nitrogens with zero attached hydrogens (tertiary/aromatic N) is 1. The molecule has 0 spiro atoms. The van der Waals surface area contributed by atoms with Crippen LogP contribution in [0.3, 0.4) is 0 Å². The van der Waals surface area contributed by atoms with Gasteiger partial charge in [-0.05, 0) is 67.2 Å². The molecule has 1 heterocycles. The van der Waals surface area contributed by atoms with Gasteiger partial charge in [-0.1, -0.05) is 70.4 Å². The second kappa shape index (κ2) is 12.5. The maximum absolute atomic E-state index is 11.2. The third-order valence-corrected chi connectivity index (χ3v) is 11.5. The monoisotopic (exact) mass is 507 g/mol. The number of rotatable bonds is 12.